The Kier molecular flexibility index (Phi) is 7.15. The van der Waals surface area contributed by atoms with E-state index in [1.807, 2.05) is 6.07 Å². The zero-order chi connectivity index (χ0) is 16.7. The topological polar surface area (TPSA) is 62.7 Å². The Hall–Kier alpha value is -1.30. The standard InChI is InChI=1S/C16H21Cl2N3O2/c1-23-21-15(11-2-3-13(17)14(18)10-11)4-5-16(22)20-12-6-8-19-9-7-12/h2-3,10,12,19H,4-9H2,1H3,(H,20,22). The molecule has 1 amide bonds. The molecule has 1 saturated heterocycles. The van der Waals surface area contributed by atoms with Crippen molar-refractivity contribution in [3.05, 3.63) is 33.8 Å². The van der Waals surface area contributed by atoms with Crippen molar-refractivity contribution in [3.63, 3.8) is 0 Å². The molecule has 7 heteroatoms. The van der Waals surface area contributed by atoms with Gasteiger partial charge in [0.1, 0.15) is 7.11 Å². The average Bonchev–Trinajstić information content (AvgIpc) is 2.55. The number of nitrogens with one attached hydrogen (secondary N) is 2. The summed E-state index contributed by atoms with van der Waals surface area (Å²) in [4.78, 5) is 17.0. The molecule has 126 valence electrons. The van der Waals surface area contributed by atoms with Crippen LogP contribution in [0.4, 0.5) is 0 Å². The first-order valence-corrected chi connectivity index (χ1v) is 8.41. The molecule has 0 atom stereocenters. The molecule has 2 N–H and O–H groups in total. The molecule has 5 nitrogen and oxygen atoms in total. The summed E-state index contributed by atoms with van der Waals surface area (Å²) in [5.74, 6) is 0.0285. The molecule has 0 aromatic heterocycles. The van der Waals surface area contributed by atoms with Gasteiger partial charge in [0, 0.05) is 24.4 Å². The van der Waals surface area contributed by atoms with Crippen LogP contribution < -0.4 is 10.6 Å². The zero-order valence-electron chi connectivity index (χ0n) is 13.1. The highest BCUT2D eigenvalue weighted by Gasteiger charge is 2.16. The highest BCUT2D eigenvalue weighted by atomic mass is 35.5. The molecule has 0 aliphatic carbocycles. The van der Waals surface area contributed by atoms with Crippen molar-refractivity contribution >= 4 is 34.8 Å². The molecule has 1 aromatic rings. The van der Waals surface area contributed by atoms with Crippen molar-refractivity contribution in [2.75, 3.05) is 20.2 Å². The number of benzene rings is 1. The van der Waals surface area contributed by atoms with Gasteiger partial charge in [-0.2, -0.15) is 0 Å². The quantitative estimate of drug-likeness (QED) is 0.607. The van der Waals surface area contributed by atoms with Crippen LogP contribution >= 0.6 is 23.2 Å². The van der Waals surface area contributed by atoms with Gasteiger partial charge >= 0.3 is 0 Å². The first kappa shape index (κ1) is 18.0. The van der Waals surface area contributed by atoms with Gasteiger partial charge in [-0.05, 0) is 38.1 Å². The van der Waals surface area contributed by atoms with Crippen molar-refractivity contribution in [3.8, 4) is 0 Å². The molecule has 0 bridgehead atoms. The van der Waals surface area contributed by atoms with E-state index in [1.165, 1.54) is 7.11 Å². The fraction of sp³-hybridized carbons (Fsp3) is 0.500. The molecule has 0 radical (unpaired) electrons. The van der Waals surface area contributed by atoms with Gasteiger partial charge < -0.3 is 15.5 Å². The van der Waals surface area contributed by atoms with Crippen LogP contribution in [-0.2, 0) is 9.63 Å². The van der Waals surface area contributed by atoms with Crippen LogP contribution in [-0.4, -0.2) is 37.9 Å². The second-order valence-electron chi connectivity index (χ2n) is 5.44. The Bertz CT molecular complexity index is 572. The average molecular weight is 358 g/mol. The molecule has 1 aliphatic rings. The van der Waals surface area contributed by atoms with E-state index in [1.54, 1.807) is 12.1 Å². The van der Waals surface area contributed by atoms with Crippen molar-refractivity contribution in [2.45, 2.75) is 31.7 Å². The van der Waals surface area contributed by atoms with E-state index in [2.05, 4.69) is 15.8 Å². The molecule has 0 unspecified atom stereocenters. The van der Waals surface area contributed by atoms with Gasteiger partial charge in [-0.15, -0.1) is 0 Å². The van der Waals surface area contributed by atoms with E-state index in [9.17, 15) is 4.79 Å². The fourth-order valence-electron chi connectivity index (χ4n) is 2.53. The Labute approximate surface area is 146 Å². The van der Waals surface area contributed by atoms with Gasteiger partial charge in [-0.25, -0.2) is 0 Å². The fourth-order valence-corrected chi connectivity index (χ4v) is 2.82. The molecule has 2 rings (SSSR count). The third-order valence-electron chi connectivity index (χ3n) is 3.75. The summed E-state index contributed by atoms with van der Waals surface area (Å²) in [7, 11) is 1.48. The third kappa shape index (κ3) is 5.68. The molecule has 1 aromatic carbocycles. The maximum atomic E-state index is 12.1. The van der Waals surface area contributed by atoms with Crippen molar-refractivity contribution in [1.82, 2.24) is 10.6 Å². The summed E-state index contributed by atoms with van der Waals surface area (Å²) in [5.41, 5.74) is 1.47. The number of halogens is 2. The Morgan fingerprint density at radius 3 is 2.70 bits per heavy atom. The lowest BCUT2D eigenvalue weighted by Gasteiger charge is -2.23. The second kappa shape index (κ2) is 9.11. The summed E-state index contributed by atoms with van der Waals surface area (Å²) < 4.78 is 0. The van der Waals surface area contributed by atoms with Gasteiger partial charge in [-0.1, -0.05) is 34.4 Å². The Balaban J connectivity index is 1.92. The lowest BCUT2D eigenvalue weighted by molar-refractivity contribution is -0.121. The van der Waals surface area contributed by atoms with Gasteiger partial charge in [0.2, 0.25) is 5.91 Å². The van der Waals surface area contributed by atoms with Crippen LogP contribution in [0.1, 0.15) is 31.2 Å². The smallest absolute Gasteiger partial charge is 0.220 e. The molecule has 0 spiro atoms. The lowest BCUT2D eigenvalue weighted by atomic mass is 10.0. The first-order valence-electron chi connectivity index (χ1n) is 7.65. The molecule has 0 saturated carbocycles. The summed E-state index contributed by atoms with van der Waals surface area (Å²) in [6.45, 7) is 1.90. The molecule has 1 heterocycles. The van der Waals surface area contributed by atoms with Crippen molar-refractivity contribution in [2.24, 2.45) is 5.16 Å². The van der Waals surface area contributed by atoms with Gasteiger partial charge in [0.15, 0.2) is 0 Å². The number of hydrogen-bond acceptors (Lipinski definition) is 4. The molecular weight excluding hydrogens is 337 g/mol. The number of nitrogens with zero attached hydrogens (tertiary/aromatic N) is 1. The minimum atomic E-state index is 0.0285. The van der Waals surface area contributed by atoms with Crippen molar-refractivity contribution < 1.29 is 9.63 Å². The van der Waals surface area contributed by atoms with E-state index in [4.69, 9.17) is 28.0 Å². The molecule has 1 fully saturated rings. The van der Waals surface area contributed by atoms with Gasteiger partial charge in [0.25, 0.3) is 0 Å². The van der Waals surface area contributed by atoms with Crippen LogP contribution in [0.15, 0.2) is 23.4 Å². The summed E-state index contributed by atoms with van der Waals surface area (Å²) in [6, 6.07) is 5.51. The highest BCUT2D eigenvalue weighted by molar-refractivity contribution is 6.42. The van der Waals surface area contributed by atoms with Crippen LogP contribution in [0.3, 0.4) is 0 Å². The lowest BCUT2D eigenvalue weighted by Crippen LogP contribution is -2.42. The highest BCUT2D eigenvalue weighted by Crippen LogP contribution is 2.23. The number of oxime groups is 1. The number of amides is 1. The normalized spacial score (nSPS) is 16.2. The van der Waals surface area contributed by atoms with Crippen LogP contribution in [0, 0.1) is 0 Å². The van der Waals surface area contributed by atoms with Crippen LogP contribution in [0.5, 0.6) is 0 Å². The number of rotatable bonds is 6. The van der Waals surface area contributed by atoms with Crippen LogP contribution in [0.2, 0.25) is 10.0 Å². The summed E-state index contributed by atoms with van der Waals surface area (Å²) in [5, 5.41) is 11.3. The van der Waals surface area contributed by atoms with E-state index in [-0.39, 0.29) is 11.9 Å². The summed E-state index contributed by atoms with van der Waals surface area (Å²) >= 11 is 12.0. The number of carbonyl (C=O) groups excluding carboxylic acids is 1. The molecule has 23 heavy (non-hydrogen) atoms. The predicted octanol–water partition coefficient (Wildman–Crippen LogP) is 2.99. The maximum Gasteiger partial charge on any atom is 0.220 e. The largest absolute Gasteiger partial charge is 0.399 e. The number of piperidine rings is 1. The van der Waals surface area contributed by atoms with E-state index < -0.39 is 0 Å². The number of carbonyl (C=O) groups is 1. The maximum absolute atomic E-state index is 12.1. The van der Waals surface area contributed by atoms with Crippen LogP contribution in [0.25, 0.3) is 0 Å². The second-order valence-corrected chi connectivity index (χ2v) is 6.26. The van der Waals surface area contributed by atoms with E-state index >= 15 is 0 Å². The Morgan fingerprint density at radius 2 is 2.04 bits per heavy atom. The van der Waals surface area contributed by atoms with Crippen molar-refractivity contribution in [1.29, 1.82) is 0 Å². The SMILES string of the molecule is CON=C(CCC(=O)NC1CCNCC1)c1ccc(Cl)c(Cl)c1. The Morgan fingerprint density at radius 1 is 1.30 bits per heavy atom. The first-order chi connectivity index (χ1) is 11.1. The predicted molar refractivity (Wildman–Crippen MR) is 93.3 cm³/mol. The minimum Gasteiger partial charge on any atom is -0.399 e. The molecule has 1 aliphatic heterocycles. The molecular formula is C16H21Cl2N3O2. The monoisotopic (exact) mass is 357 g/mol. The third-order valence-corrected chi connectivity index (χ3v) is 4.49. The van der Waals surface area contributed by atoms with E-state index in [0.29, 0.717) is 28.6 Å². The zero-order valence-corrected chi connectivity index (χ0v) is 14.6. The summed E-state index contributed by atoms with van der Waals surface area (Å²) in [6.07, 6.45) is 2.77. The van der Waals surface area contributed by atoms with E-state index in [0.717, 1.165) is 31.5 Å². The van der Waals surface area contributed by atoms with Gasteiger partial charge in [0.05, 0.1) is 15.8 Å². The van der Waals surface area contributed by atoms with Gasteiger partial charge in [-0.3, -0.25) is 4.79 Å². The minimum absolute atomic E-state index is 0.0285. The number of hydrogen-bond donors (Lipinski definition) is 2.